The van der Waals surface area contributed by atoms with Gasteiger partial charge in [-0.15, -0.1) is 0 Å². The van der Waals surface area contributed by atoms with Crippen LogP contribution >= 0.6 is 11.3 Å². The van der Waals surface area contributed by atoms with Gasteiger partial charge in [0.1, 0.15) is 22.5 Å². The number of amides is 1. The number of piperazine rings is 1. The number of hydrogen-bond acceptors (Lipinski definition) is 8. The lowest BCUT2D eigenvalue weighted by Gasteiger charge is -2.40. The lowest BCUT2D eigenvalue weighted by Crippen LogP contribution is -2.50. The van der Waals surface area contributed by atoms with E-state index in [1.807, 2.05) is 20.0 Å². The van der Waals surface area contributed by atoms with Crippen molar-refractivity contribution in [3.8, 4) is 6.07 Å². The topological polar surface area (TPSA) is 108 Å². The summed E-state index contributed by atoms with van der Waals surface area (Å²) in [6.45, 7) is 3.74. The van der Waals surface area contributed by atoms with Gasteiger partial charge < -0.3 is 25.0 Å². The number of nitrogens with one attached hydrogen (secondary N) is 2. The second kappa shape index (κ2) is 11.3. The highest BCUT2D eigenvalue weighted by atomic mass is 32.1. The van der Waals surface area contributed by atoms with Gasteiger partial charge in [0.05, 0.1) is 23.0 Å². The molecule has 2 aliphatic rings. The number of thiazole rings is 1. The number of hydrogen-bond donors (Lipinski definition) is 2. The van der Waals surface area contributed by atoms with Crippen LogP contribution in [0.3, 0.4) is 0 Å². The predicted molar refractivity (Wildman–Crippen MR) is 148 cm³/mol. The van der Waals surface area contributed by atoms with Crippen LogP contribution in [0.15, 0.2) is 35.4 Å². The number of nitrogens with zero attached hydrogens (tertiary/aromatic N) is 5. The Morgan fingerprint density at radius 2 is 2.05 bits per heavy atom. The van der Waals surface area contributed by atoms with Crippen molar-refractivity contribution in [3.63, 3.8) is 0 Å². The van der Waals surface area contributed by atoms with Crippen LogP contribution in [0.2, 0.25) is 0 Å². The maximum atomic E-state index is 16.3. The summed E-state index contributed by atoms with van der Waals surface area (Å²) in [5.74, 6) is -2.97. The van der Waals surface area contributed by atoms with Gasteiger partial charge >= 0.3 is 0 Å². The first kappa shape index (κ1) is 28.3. The van der Waals surface area contributed by atoms with Crippen LogP contribution < -0.4 is 20.7 Å². The number of alkyl halides is 2. The highest BCUT2D eigenvalue weighted by Crippen LogP contribution is 2.39. The Morgan fingerprint density at radius 3 is 2.73 bits per heavy atom. The van der Waals surface area contributed by atoms with Crippen LogP contribution in [-0.4, -0.2) is 66.6 Å². The summed E-state index contributed by atoms with van der Waals surface area (Å²) in [6.07, 6.45) is 0.768. The number of benzene rings is 1. The third-order valence-electron chi connectivity index (χ3n) is 7.29. The molecule has 14 heteroatoms. The fourth-order valence-electron chi connectivity index (χ4n) is 4.93. The van der Waals surface area contributed by atoms with Crippen LogP contribution in [0, 0.1) is 23.0 Å². The molecule has 9 nitrogen and oxygen atoms in total. The molecule has 0 radical (unpaired) electrons. The first-order valence-electron chi connectivity index (χ1n) is 12.7. The van der Waals surface area contributed by atoms with E-state index in [1.54, 1.807) is 15.9 Å². The summed E-state index contributed by atoms with van der Waals surface area (Å²) >= 11 is 1.15. The summed E-state index contributed by atoms with van der Waals surface area (Å²) < 4.78 is 59.3. The lowest BCUT2D eigenvalue weighted by atomic mass is 10.0. The summed E-state index contributed by atoms with van der Waals surface area (Å²) in [5.41, 5.74) is -2.49. The van der Waals surface area contributed by atoms with Crippen molar-refractivity contribution in [1.82, 2.24) is 14.9 Å². The summed E-state index contributed by atoms with van der Waals surface area (Å²) in [7, 11) is 1.93. The Kier molecular flexibility index (Phi) is 7.83. The number of rotatable bonds is 6. The zero-order valence-electron chi connectivity index (χ0n) is 22.0. The molecule has 0 bridgehead atoms. The smallest absolute Gasteiger partial charge is 0.264 e. The Morgan fingerprint density at radius 1 is 1.27 bits per heavy atom. The number of carbonyl (C=O) groups is 1. The molecule has 0 aliphatic carbocycles. The van der Waals surface area contributed by atoms with Crippen molar-refractivity contribution in [2.24, 2.45) is 0 Å². The summed E-state index contributed by atoms with van der Waals surface area (Å²) in [5, 5.41) is 12.0. The molecule has 214 valence electrons. The molecule has 0 spiro atoms. The molecule has 0 saturated carbocycles. The number of carbonyl (C=O) groups excluding carboxylic acids is 1. The van der Waals surface area contributed by atoms with Gasteiger partial charge in [0, 0.05) is 62.7 Å². The van der Waals surface area contributed by atoms with Gasteiger partial charge in [-0.3, -0.25) is 9.59 Å². The van der Waals surface area contributed by atoms with Gasteiger partial charge in [-0.2, -0.15) is 5.26 Å². The number of anilines is 3. The van der Waals surface area contributed by atoms with E-state index in [0.29, 0.717) is 47.8 Å². The normalized spacial score (nSPS) is 17.6. The minimum absolute atomic E-state index is 0.0328. The molecule has 5 rings (SSSR count). The Labute approximate surface area is 236 Å². The third kappa shape index (κ3) is 5.55. The van der Waals surface area contributed by atoms with Crippen molar-refractivity contribution < 1.29 is 22.4 Å². The largest absolute Gasteiger partial charge is 0.367 e. The molecule has 2 N–H and O–H groups in total. The fourth-order valence-corrected chi connectivity index (χ4v) is 5.65. The average molecular weight is 588 g/mol. The van der Waals surface area contributed by atoms with Gasteiger partial charge in [-0.25, -0.2) is 22.5 Å². The Balaban J connectivity index is 1.55. The molecule has 2 aliphatic heterocycles. The SMILES string of the molecule is CC1CN(c2cc(F)c(C3=CCN(c4ncc(C#N)s4)C3)c(F)c2NC(=O)c2c[nH]c(=O)cc2C(F)F)CCN1C. The number of H-pyrrole nitrogens is 1. The highest BCUT2D eigenvalue weighted by molar-refractivity contribution is 7.16. The van der Waals surface area contributed by atoms with Crippen LogP contribution in [-0.2, 0) is 0 Å². The first-order chi connectivity index (χ1) is 19.6. The predicted octanol–water partition coefficient (Wildman–Crippen LogP) is 4.22. The zero-order chi connectivity index (χ0) is 29.4. The monoisotopic (exact) mass is 587 g/mol. The molecule has 4 heterocycles. The van der Waals surface area contributed by atoms with Crippen LogP contribution in [0.5, 0.6) is 0 Å². The lowest BCUT2D eigenvalue weighted by molar-refractivity contribution is 0.101. The van der Waals surface area contributed by atoms with Gasteiger partial charge in [-0.1, -0.05) is 17.4 Å². The van der Waals surface area contributed by atoms with E-state index < -0.39 is 40.7 Å². The molecule has 2 aromatic heterocycles. The molecule has 1 amide bonds. The number of halogens is 4. The van der Waals surface area contributed by atoms with Gasteiger partial charge in [0.2, 0.25) is 5.56 Å². The first-order valence-corrected chi connectivity index (χ1v) is 13.5. The van der Waals surface area contributed by atoms with Gasteiger partial charge in [0.15, 0.2) is 10.9 Å². The fraction of sp³-hybridized carbons (Fsp3) is 0.333. The second-order valence-corrected chi connectivity index (χ2v) is 10.9. The van der Waals surface area contributed by atoms with Gasteiger partial charge in [0.25, 0.3) is 12.3 Å². The van der Waals surface area contributed by atoms with E-state index in [9.17, 15) is 18.4 Å². The number of nitriles is 1. The van der Waals surface area contributed by atoms with Crippen molar-refractivity contribution >= 4 is 39.3 Å². The molecule has 3 aromatic rings. The summed E-state index contributed by atoms with van der Waals surface area (Å²) in [4.78, 5) is 37.2. The molecule has 1 fully saturated rings. The zero-order valence-corrected chi connectivity index (χ0v) is 22.9. The second-order valence-electron chi connectivity index (χ2n) is 9.87. The van der Waals surface area contributed by atoms with E-state index in [1.165, 1.54) is 6.20 Å². The van der Waals surface area contributed by atoms with Crippen LogP contribution in [0.1, 0.15) is 39.7 Å². The molecule has 1 aromatic carbocycles. The molecular weight excluding hydrogens is 562 g/mol. The minimum Gasteiger partial charge on any atom is -0.367 e. The minimum atomic E-state index is -3.13. The number of aromatic nitrogens is 2. The maximum Gasteiger partial charge on any atom is 0.264 e. The number of pyridine rings is 1. The standard InChI is InChI=1S/C27H25F4N7O2S/c1-14-12-37(6-5-36(14)2)20-8-19(28)22(15-3-4-38(13-15)27-34-10-16(9-32)41-27)23(29)24(20)35-26(40)18-11-33-21(39)7-17(18)25(30)31/h3,7-8,10-11,14,25H,4-6,12-13H2,1-2H3,(H,33,39)(H,35,40). The molecular formula is C27H25F4N7O2S. The average Bonchev–Trinajstić information content (AvgIpc) is 3.61. The number of aromatic amines is 1. The number of likely N-dealkylation sites (N-methyl/N-ethyl adjacent to an activating group) is 1. The Hall–Kier alpha value is -4.22. The molecule has 1 atom stereocenters. The maximum absolute atomic E-state index is 16.3. The van der Waals surface area contributed by atoms with E-state index >= 15 is 8.78 Å². The molecule has 1 unspecified atom stereocenters. The quantitative estimate of drug-likeness (QED) is 0.416. The van der Waals surface area contributed by atoms with E-state index in [4.69, 9.17) is 5.26 Å². The van der Waals surface area contributed by atoms with Crippen LogP contribution in [0.25, 0.3) is 5.57 Å². The van der Waals surface area contributed by atoms with E-state index in [-0.39, 0.29) is 29.5 Å². The summed E-state index contributed by atoms with van der Waals surface area (Å²) in [6, 6.07) is 3.80. The van der Waals surface area contributed by atoms with Crippen molar-refractivity contribution in [1.29, 1.82) is 5.26 Å². The third-order valence-corrected chi connectivity index (χ3v) is 8.25. The van der Waals surface area contributed by atoms with Crippen molar-refractivity contribution in [3.05, 3.63) is 74.2 Å². The van der Waals surface area contributed by atoms with Crippen molar-refractivity contribution in [2.75, 3.05) is 54.9 Å². The molecule has 41 heavy (non-hydrogen) atoms. The van der Waals surface area contributed by atoms with E-state index in [2.05, 4.69) is 20.2 Å². The van der Waals surface area contributed by atoms with Crippen molar-refractivity contribution in [2.45, 2.75) is 19.4 Å². The highest BCUT2D eigenvalue weighted by Gasteiger charge is 2.31. The van der Waals surface area contributed by atoms with E-state index in [0.717, 1.165) is 23.6 Å². The Bertz CT molecular complexity index is 1630. The molecule has 1 saturated heterocycles. The van der Waals surface area contributed by atoms with Crippen LogP contribution in [0.4, 0.5) is 34.1 Å². The van der Waals surface area contributed by atoms with Gasteiger partial charge in [-0.05, 0) is 19.5 Å².